The molecule has 3 aromatic rings. The molecule has 1 radical (unpaired) electrons. The molecule has 26 heavy (non-hydrogen) atoms. The van der Waals surface area contributed by atoms with Crippen molar-refractivity contribution in [2.75, 3.05) is 17.7 Å². The van der Waals surface area contributed by atoms with E-state index in [1.54, 1.807) is 24.3 Å². The lowest BCUT2D eigenvalue weighted by Crippen LogP contribution is -2.12. The molecule has 0 aliphatic heterocycles. The second kappa shape index (κ2) is 6.78. The van der Waals surface area contributed by atoms with E-state index < -0.39 is 11.7 Å². The van der Waals surface area contributed by atoms with E-state index in [1.807, 2.05) is 13.8 Å². The fraction of sp³-hybridized carbons (Fsp3) is 0.278. The highest BCUT2D eigenvalue weighted by atomic mass is 19.4. The number of hydrogen-bond donors (Lipinski definition) is 3. The minimum atomic E-state index is -4.47. The third-order valence-corrected chi connectivity index (χ3v) is 3.70. The van der Waals surface area contributed by atoms with E-state index in [-0.39, 0.29) is 17.1 Å². The van der Waals surface area contributed by atoms with Gasteiger partial charge in [-0.3, -0.25) is 0 Å². The maximum atomic E-state index is 13.3. The number of methoxy groups -OCH3 is 1. The van der Waals surface area contributed by atoms with Gasteiger partial charge in [0.15, 0.2) is 0 Å². The van der Waals surface area contributed by atoms with Gasteiger partial charge in [-0.2, -0.15) is 13.2 Å². The number of rotatable bonds is 5. The summed E-state index contributed by atoms with van der Waals surface area (Å²) in [4.78, 5) is 6.89. The lowest BCUT2D eigenvalue weighted by atomic mass is 10.1. The van der Waals surface area contributed by atoms with Gasteiger partial charge in [-0.1, -0.05) is 6.07 Å². The van der Waals surface area contributed by atoms with Crippen molar-refractivity contribution in [3.8, 4) is 5.75 Å². The van der Waals surface area contributed by atoms with Crippen LogP contribution in [0.3, 0.4) is 0 Å². The Labute approximate surface area is 148 Å². The molecule has 3 rings (SSSR count). The van der Waals surface area contributed by atoms with Gasteiger partial charge in [0.2, 0.25) is 0 Å². The number of aromatic nitrogens is 2. The van der Waals surface area contributed by atoms with Crippen molar-refractivity contribution in [2.45, 2.75) is 26.1 Å². The fourth-order valence-corrected chi connectivity index (χ4v) is 2.67. The molecule has 2 aromatic heterocycles. The monoisotopic (exact) mass is 363 g/mol. The average Bonchev–Trinajstić information content (AvgIpc) is 2.99. The molecule has 0 saturated carbocycles. The molecule has 0 amide bonds. The summed E-state index contributed by atoms with van der Waals surface area (Å²) in [7, 11) is 1.53. The Morgan fingerprint density at radius 3 is 2.69 bits per heavy atom. The predicted molar refractivity (Wildman–Crippen MR) is 95.0 cm³/mol. The number of ether oxygens (including phenoxy) is 1. The molecule has 3 N–H and O–H groups in total. The van der Waals surface area contributed by atoms with Gasteiger partial charge >= 0.3 is 6.18 Å². The summed E-state index contributed by atoms with van der Waals surface area (Å²) in [5.41, 5.74) is 0.382. The lowest BCUT2D eigenvalue weighted by molar-refractivity contribution is -0.136. The molecular formula is C18H18F3N4O. The Morgan fingerprint density at radius 1 is 1.27 bits per heavy atom. The molecule has 0 bridgehead atoms. The second-order valence-corrected chi connectivity index (χ2v) is 6.03. The third-order valence-electron chi connectivity index (χ3n) is 3.70. The predicted octanol–water partition coefficient (Wildman–Crippen LogP) is 4.95. The van der Waals surface area contributed by atoms with Crippen LogP contribution in [0.4, 0.5) is 30.4 Å². The van der Waals surface area contributed by atoms with Gasteiger partial charge in [0.1, 0.15) is 17.2 Å². The molecule has 137 valence electrons. The van der Waals surface area contributed by atoms with E-state index in [1.165, 1.54) is 7.11 Å². The number of benzene rings is 1. The molecular weight excluding hydrogens is 345 g/mol. The molecule has 5 nitrogen and oxygen atoms in total. The number of alkyl halides is 3. The first kappa shape index (κ1) is 17.9. The number of nitrogens with zero attached hydrogens (tertiary/aromatic N) is 1. The van der Waals surface area contributed by atoms with Crippen molar-refractivity contribution >= 4 is 28.2 Å². The van der Waals surface area contributed by atoms with Crippen LogP contribution >= 0.6 is 0 Å². The number of hydrogen-bond acceptors (Lipinski definition) is 4. The van der Waals surface area contributed by atoms with Crippen LogP contribution in [-0.2, 0) is 6.18 Å². The number of H-pyrrole nitrogens is 1. The summed E-state index contributed by atoms with van der Waals surface area (Å²) in [6.45, 7) is 3.71. The zero-order valence-corrected chi connectivity index (χ0v) is 14.5. The molecule has 0 saturated heterocycles. The Hall–Kier alpha value is -2.90. The standard InChI is InChI=1S/C18H18F3N4O/c1-10(2)23-13-8-15(24-12-6-4-5-7-14(12)26-3)25-17-16(13)11(9-22-17)18(19,20)21/h4,6-10H,1-3H3,(H3,22,23,24,25). The van der Waals surface area contributed by atoms with Crippen LogP contribution in [-0.4, -0.2) is 23.1 Å². The molecule has 0 aliphatic rings. The molecule has 1 aromatic carbocycles. The molecule has 0 fully saturated rings. The minimum Gasteiger partial charge on any atom is -0.495 e. The zero-order chi connectivity index (χ0) is 18.9. The quantitative estimate of drug-likeness (QED) is 0.600. The van der Waals surface area contributed by atoms with Crippen molar-refractivity contribution in [3.05, 3.63) is 42.1 Å². The van der Waals surface area contributed by atoms with Gasteiger partial charge in [0.25, 0.3) is 0 Å². The lowest BCUT2D eigenvalue weighted by Gasteiger charge is -2.16. The number of pyridine rings is 1. The zero-order valence-electron chi connectivity index (χ0n) is 14.5. The van der Waals surface area contributed by atoms with E-state index in [4.69, 9.17) is 4.74 Å². The van der Waals surface area contributed by atoms with E-state index in [9.17, 15) is 13.2 Å². The summed E-state index contributed by atoms with van der Waals surface area (Å²) in [6, 6.07) is 9.51. The van der Waals surface area contributed by atoms with Crippen molar-refractivity contribution in [2.24, 2.45) is 0 Å². The van der Waals surface area contributed by atoms with Gasteiger partial charge in [-0.05, 0) is 32.0 Å². The number of nitrogens with one attached hydrogen (secondary N) is 3. The van der Waals surface area contributed by atoms with Gasteiger partial charge in [-0.15, -0.1) is 0 Å². The maximum Gasteiger partial charge on any atom is 0.418 e. The molecule has 0 atom stereocenters. The molecule has 0 aliphatic carbocycles. The normalized spacial score (nSPS) is 11.8. The van der Waals surface area contributed by atoms with Crippen molar-refractivity contribution < 1.29 is 17.9 Å². The van der Waals surface area contributed by atoms with E-state index in [0.29, 0.717) is 22.9 Å². The van der Waals surface area contributed by atoms with Gasteiger partial charge in [0, 0.05) is 24.0 Å². The summed E-state index contributed by atoms with van der Waals surface area (Å²) >= 11 is 0. The molecule has 2 heterocycles. The smallest absolute Gasteiger partial charge is 0.418 e. The first-order chi connectivity index (χ1) is 12.3. The van der Waals surface area contributed by atoms with Crippen molar-refractivity contribution in [1.29, 1.82) is 0 Å². The van der Waals surface area contributed by atoms with Crippen LogP contribution in [0.25, 0.3) is 11.0 Å². The number of anilines is 3. The largest absolute Gasteiger partial charge is 0.495 e. The number of aromatic amines is 1. The van der Waals surface area contributed by atoms with E-state index in [0.717, 1.165) is 6.20 Å². The highest BCUT2D eigenvalue weighted by molar-refractivity contribution is 5.95. The minimum absolute atomic E-state index is 0.0186. The fourth-order valence-electron chi connectivity index (χ4n) is 2.67. The topological polar surface area (TPSA) is 62.0 Å². The van der Waals surface area contributed by atoms with Gasteiger partial charge < -0.3 is 20.4 Å². The van der Waals surface area contributed by atoms with Crippen LogP contribution < -0.4 is 15.4 Å². The summed E-state index contributed by atoms with van der Waals surface area (Å²) in [5, 5.41) is 6.16. The van der Waals surface area contributed by atoms with Crippen LogP contribution in [0.1, 0.15) is 19.4 Å². The van der Waals surface area contributed by atoms with Crippen molar-refractivity contribution in [3.63, 3.8) is 0 Å². The maximum absolute atomic E-state index is 13.3. The van der Waals surface area contributed by atoms with Crippen LogP contribution in [0.5, 0.6) is 5.75 Å². The van der Waals surface area contributed by atoms with E-state index in [2.05, 4.69) is 26.7 Å². The molecule has 0 unspecified atom stereocenters. The Bertz CT molecular complexity index is 918. The Kier molecular flexibility index (Phi) is 4.67. The van der Waals surface area contributed by atoms with Crippen molar-refractivity contribution in [1.82, 2.24) is 9.97 Å². The third kappa shape index (κ3) is 3.54. The second-order valence-electron chi connectivity index (χ2n) is 6.03. The average molecular weight is 363 g/mol. The first-order valence-corrected chi connectivity index (χ1v) is 7.96. The molecule has 0 spiro atoms. The highest BCUT2D eigenvalue weighted by Gasteiger charge is 2.35. The Morgan fingerprint density at radius 2 is 2.04 bits per heavy atom. The summed E-state index contributed by atoms with van der Waals surface area (Å²) in [5.74, 6) is 0.941. The van der Waals surface area contributed by atoms with Gasteiger partial charge in [-0.25, -0.2) is 4.98 Å². The van der Waals surface area contributed by atoms with Crippen LogP contribution in [0, 0.1) is 6.07 Å². The summed E-state index contributed by atoms with van der Waals surface area (Å²) in [6.07, 6.45) is -3.54. The highest BCUT2D eigenvalue weighted by Crippen LogP contribution is 2.39. The van der Waals surface area contributed by atoms with Crippen LogP contribution in [0.15, 0.2) is 30.5 Å². The van der Waals surface area contributed by atoms with Gasteiger partial charge in [0.05, 0.1) is 23.7 Å². The first-order valence-electron chi connectivity index (χ1n) is 7.96. The van der Waals surface area contributed by atoms with E-state index >= 15 is 0 Å². The SMILES string of the molecule is COc1c[c]ccc1Nc1cc(NC(C)C)c2c(C(F)(F)F)c[nH]c2n1. The Balaban J connectivity index is 2.11. The summed E-state index contributed by atoms with van der Waals surface area (Å²) < 4.78 is 45.2. The molecule has 8 heteroatoms. The number of fused-ring (bicyclic) bond motifs is 1. The van der Waals surface area contributed by atoms with Crippen LogP contribution in [0.2, 0.25) is 0 Å². The number of halogens is 3.